The molecule has 1 aliphatic carbocycles. The minimum atomic E-state index is -5.08. The topological polar surface area (TPSA) is 116 Å². The maximum atomic E-state index is 13.0. The first-order chi connectivity index (χ1) is 19.5. The van der Waals surface area contributed by atoms with Gasteiger partial charge in [-0.05, 0) is 74.2 Å². The number of carboxylic acid groups (broad SMARTS) is 1. The Hall–Kier alpha value is -3.17. The lowest BCUT2D eigenvalue weighted by Gasteiger charge is -2.26. The van der Waals surface area contributed by atoms with Gasteiger partial charge in [-0.15, -0.1) is 0 Å². The first-order valence-corrected chi connectivity index (χ1v) is 14.7. The highest BCUT2D eigenvalue weighted by atomic mass is 32.2. The van der Waals surface area contributed by atoms with Crippen molar-refractivity contribution in [2.24, 2.45) is 5.92 Å². The van der Waals surface area contributed by atoms with E-state index in [1.165, 1.54) is 56.4 Å². The van der Waals surface area contributed by atoms with Gasteiger partial charge < -0.3 is 15.3 Å². The van der Waals surface area contributed by atoms with Gasteiger partial charge in [-0.3, -0.25) is 4.79 Å². The van der Waals surface area contributed by atoms with Crippen LogP contribution in [0.4, 0.5) is 32.0 Å². The fourth-order valence-electron chi connectivity index (χ4n) is 4.87. The van der Waals surface area contributed by atoms with E-state index in [9.17, 15) is 39.6 Å². The average molecular weight is 624 g/mol. The van der Waals surface area contributed by atoms with Gasteiger partial charge in [-0.2, -0.15) is 26.3 Å². The number of hydrogen-bond donors (Lipinski definition) is 3. The van der Waals surface area contributed by atoms with E-state index in [-0.39, 0.29) is 22.2 Å². The summed E-state index contributed by atoms with van der Waals surface area (Å²) in [5.74, 6) is -2.67. The Bertz CT molecular complexity index is 1330. The minimum absolute atomic E-state index is 0.0247. The summed E-state index contributed by atoms with van der Waals surface area (Å²) in [6, 6.07) is 9.50. The molecule has 1 unspecified atom stereocenters. The van der Waals surface area contributed by atoms with Crippen molar-refractivity contribution in [3.05, 3.63) is 59.7 Å². The molecule has 0 spiro atoms. The van der Waals surface area contributed by atoms with Gasteiger partial charge >= 0.3 is 18.3 Å². The van der Waals surface area contributed by atoms with Gasteiger partial charge in [0.25, 0.3) is 5.91 Å². The van der Waals surface area contributed by atoms with E-state index in [1.807, 2.05) is 0 Å². The zero-order valence-corrected chi connectivity index (χ0v) is 23.2. The van der Waals surface area contributed by atoms with Gasteiger partial charge in [-0.1, -0.05) is 25.3 Å². The van der Waals surface area contributed by atoms with Crippen LogP contribution >= 0.6 is 0 Å². The van der Waals surface area contributed by atoms with Crippen LogP contribution in [0.15, 0.2) is 53.4 Å². The lowest BCUT2D eigenvalue weighted by atomic mass is 9.89. The van der Waals surface area contributed by atoms with Crippen LogP contribution in [-0.4, -0.2) is 62.2 Å². The predicted octanol–water partition coefficient (Wildman–Crippen LogP) is 5.52. The fraction of sp³-hybridized carbons (Fsp3) is 0.481. The van der Waals surface area contributed by atoms with Crippen LogP contribution in [0.1, 0.15) is 54.4 Å². The van der Waals surface area contributed by atoms with Gasteiger partial charge in [-0.25, -0.2) is 17.9 Å². The molecule has 1 amide bonds. The number of rotatable bonds is 7. The van der Waals surface area contributed by atoms with E-state index >= 15 is 0 Å². The molecule has 2 aromatic carbocycles. The molecule has 0 bridgehead atoms. The van der Waals surface area contributed by atoms with Crippen molar-refractivity contribution in [1.29, 1.82) is 0 Å². The highest BCUT2D eigenvalue weighted by Crippen LogP contribution is 2.30. The van der Waals surface area contributed by atoms with E-state index in [0.717, 1.165) is 43.8 Å². The number of hydrogen-bond acceptors (Lipinski definition) is 5. The molecule has 8 nitrogen and oxygen atoms in total. The summed E-state index contributed by atoms with van der Waals surface area (Å²) in [5, 5.41) is 9.63. The summed E-state index contributed by atoms with van der Waals surface area (Å²) < 4.78 is 98.6. The summed E-state index contributed by atoms with van der Waals surface area (Å²) in [4.78, 5) is 23.8. The van der Waals surface area contributed by atoms with Crippen LogP contribution in [0.25, 0.3) is 0 Å². The number of anilines is 1. The summed E-state index contributed by atoms with van der Waals surface area (Å²) in [6.07, 6.45) is -2.47. The Balaban J connectivity index is 0.000000616. The monoisotopic (exact) mass is 623 g/mol. The Kier molecular flexibility index (Phi) is 11.0. The lowest BCUT2D eigenvalue weighted by molar-refractivity contribution is -0.192. The number of benzene rings is 2. The highest BCUT2D eigenvalue weighted by molar-refractivity contribution is 7.89. The molecule has 1 saturated carbocycles. The SMILES string of the molecule is O=C(Nc1ccc(C(F)(F)F)cc1)c1cccc(S(=O)(=O)NC2CCN(CC3CCCCC3)C2)c1.O=C(O)C(F)(F)F. The molecular weight excluding hydrogens is 592 g/mol. The van der Waals surface area contributed by atoms with Crippen molar-refractivity contribution >= 4 is 27.6 Å². The van der Waals surface area contributed by atoms with Crippen molar-refractivity contribution in [2.75, 3.05) is 25.0 Å². The highest BCUT2D eigenvalue weighted by Gasteiger charge is 2.38. The number of halogens is 6. The molecule has 1 aliphatic heterocycles. The van der Waals surface area contributed by atoms with Crippen molar-refractivity contribution in [1.82, 2.24) is 9.62 Å². The molecule has 1 atom stereocenters. The maximum Gasteiger partial charge on any atom is 0.490 e. The minimum Gasteiger partial charge on any atom is -0.475 e. The number of carboxylic acids is 1. The number of likely N-dealkylation sites (tertiary alicyclic amines) is 1. The summed E-state index contributed by atoms with van der Waals surface area (Å²) >= 11 is 0. The number of amides is 1. The molecule has 2 aliphatic rings. The van der Waals surface area contributed by atoms with Gasteiger partial charge in [0, 0.05) is 30.4 Å². The third kappa shape index (κ3) is 9.98. The second-order valence-electron chi connectivity index (χ2n) is 10.2. The fourth-order valence-corrected chi connectivity index (χ4v) is 6.17. The van der Waals surface area contributed by atoms with Gasteiger partial charge in [0.1, 0.15) is 0 Å². The van der Waals surface area contributed by atoms with Gasteiger partial charge in [0.05, 0.1) is 10.5 Å². The van der Waals surface area contributed by atoms with E-state index in [1.54, 1.807) is 0 Å². The van der Waals surface area contributed by atoms with Crippen LogP contribution < -0.4 is 10.0 Å². The first-order valence-electron chi connectivity index (χ1n) is 13.2. The molecule has 15 heteroatoms. The molecular formula is C27H31F6N3O5S. The number of carbonyl (C=O) groups excluding carboxylic acids is 1. The van der Waals surface area contributed by atoms with Crippen molar-refractivity contribution in [2.45, 2.75) is 61.8 Å². The second-order valence-corrected chi connectivity index (χ2v) is 11.9. The number of nitrogens with one attached hydrogen (secondary N) is 2. The van der Waals surface area contributed by atoms with Crippen LogP contribution in [0.3, 0.4) is 0 Å². The number of nitrogens with zero attached hydrogens (tertiary/aromatic N) is 1. The lowest BCUT2D eigenvalue weighted by Crippen LogP contribution is -2.38. The molecule has 2 fully saturated rings. The smallest absolute Gasteiger partial charge is 0.475 e. The van der Waals surface area contributed by atoms with Crippen LogP contribution in [0, 0.1) is 5.92 Å². The Morgan fingerprint density at radius 1 is 0.929 bits per heavy atom. The number of alkyl halides is 6. The summed E-state index contributed by atoms with van der Waals surface area (Å²) in [6.45, 7) is 2.54. The van der Waals surface area contributed by atoms with Gasteiger partial charge in [0.2, 0.25) is 10.0 Å². The normalized spacial score (nSPS) is 18.7. The van der Waals surface area contributed by atoms with E-state index in [2.05, 4.69) is 14.9 Å². The van der Waals surface area contributed by atoms with Crippen molar-refractivity contribution in [3.63, 3.8) is 0 Å². The van der Waals surface area contributed by atoms with Crippen LogP contribution in [0.2, 0.25) is 0 Å². The molecule has 1 heterocycles. The molecule has 3 N–H and O–H groups in total. The van der Waals surface area contributed by atoms with E-state index in [4.69, 9.17) is 9.90 Å². The standard InChI is InChI=1S/C25H30F3N3O3S.C2HF3O2/c26-25(27,28)20-9-11-21(12-10-20)29-24(32)19-7-4-8-23(15-19)35(33,34)30-22-13-14-31(17-22)16-18-5-2-1-3-6-18;3-2(4,5)1(6)7/h4,7-12,15,18,22,30H,1-3,5-6,13-14,16-17H2,(H,29,32);(H,6,7). The molecule has 2 aromatic rings. The summed E-state index contributed by atoms with van der Waals surface area (Å²) in [7, 11) is -3.83. The second kappa shape index (κ2) is 13.9. The van der Waals surface area contributed by atoms with E-state index < -0.39 is 39.8 Å². The first kappa shape index (κ1) is 33.3. The Morgan fingerprint density at radius 2 is 1.55 bits per heavy atom. The zero-order valence-electron chi connectivity index (χ0n) is 22.3. The summed E-state index contributed by atoms with van der Waals surface area (Å²) in [5.41, 5.74) is -0.546. The molecule has 4 rings (SSSR count). The largest absolute Gasteiger partial charge is 0.490 e. The van der Waals surface area contributed by atoms with Gasteiger partial charge in [0.15, 0.2) is 0 Å². The van der Waals surface area contributed by atoms with E-state index in [0.29, 0.717) is 12.5 Å². The third-order valence-corrected chi connectivity index (χ3v) is 8.47. The molecule has 0 aromatic heterocycles. The maximum absolute atomic E-state index is 13.0. The third-order valence-electron chi connectivity index (χ3n) is 6.95. The van der Waals surface area contributed by atoms with Crippen LogP contribution in [-0.2, 0) is 21.0 Å². The average Bonchev–Trinajstić information content (AvgIpc) is 3.34. The number of sulfonamides is 1. The molecule has 1 saturated heterocycles. The Labute approximate surface area is 239 Å². The Morgan fingerprint density at radius 3 is 2.12 bits per heavy atom. The molecule has 0 radical (unpaired) electrons. The van der Waals surface area contributed by atoms with Crippen molar-refractivity contribution < 1.29 is 49.5 Å². The molecule has 42 heavy (non-hydrogen) atoms. The predicted molar refractivity (Wildman–Crippen MR) is 141 cm³/mol. The molecule has 232 valence electrons. The quantitative estimate of drug-likeness (QED) is 0.350. The zero-order chi connectivity index (χ0) is 31.1. The van der Waals surface area contributed by atoms with Crippen LogP contribution in [0.5, 0.6) is 0 Å². The number of aliphatic carboxylic acids is 1. The number of carbonyl (C=O) groups is 2. The van der Waals surface area contributed by atoms with Crippen molar-refractivity contribution in [3.8, 4) is 0 Å².